The van der Waals surface area contributed by atoms with Crippen LogP contribution in [0.25, 0.3) is 0 Å². The van der Waals surface area contributed by atoms with Crippen LogP contribution in [0.3, 0.4) is 0 Å². The molecule has 0 unspecified atom stereocenters. The molecule has 8 nitrogen and oxygen atoms in total. The molecular formula is C42H68O8Si2. The molecule has 3 rings (SSSR count). The maximum atomic E-state index is 14.1. The van der Waals surface area contributed by atoms with Gasteiger partial charge in [-0.05, 0) is 84.5 Å². The molecule has 1 saturated carbocycles. The lowest BCUT2D eigenvalue weighted by molar-refractivity contribution is -0.169. The molecule has 0 spiro atoms. The maximum Gasteiger partial charge on any atom is 0.310 e. The molecule has 0 saturated heterocycles. The summed E-state index contributed by atoms with van der Waals surface area (Å²) in [5, 5.41) is 0.0880. The van der Waals surface area contributed by atoms with E-state index in [2.05, 4.69) is 81.6 Å². The third-order valence-electron chi connectivity index (χ3n) is 11.2. The molecule has 0 atom stereocenters. The average Bonchev–Trinajstić information content (AvgIpc) is 3.04. The Balaban J connectivity index is 1.98. The van der Waals surface area contributed by atoms with E-state index in [1.165, 1.54) is 0 Å². The van der Waals surface area contributed by atoms with Crippen molar-refractivity contribution in [2.24, 2.45) is 11.8 Å². The van der Waals surface area contributed by atoms with Gasteiger partial charge < -0.3 is 27.8 Å². The zero-order valence-electron chi connectivity index (χ0n) is 34.3. The molecule has 0 aromatic heterocycles. The first kappa shape index (κ1) is 43.7. The summed E-state index contributed by atoms with van der Waals surface area (Å²) in [4.78, 5) is 28.1. The van der Waals surface area contributed by atoms with Crippen molar-refractivity contribution in [2.75, 3.05) is 39.6 Å². The third kappa shape index (κ3) is 11.7. The van der Waals surface area contributed by atoms with Crippen molar-refractivity contribution in [1.82, 2.24) is 0 Å². The summed E-state index contributed by atoms with van der Waals surface area (Å²) in [6, 6.07) is 15.8. The van der Waals surface area contributed by atoms with Crippen LogP contribution in [0.4, 0.5) is 0 Å². The Morgan fingerprint density at radius 3 is 1.15 bits per heavy atom. The van der Waals surface area contributed by atoms with E-state index < -0.39 is 40.3 Å². The van der Waals surface area contributed by atoms with Crippen molar-refractivity contribution in [2.45, 2.75) is 129 Å². The average molecular weight is 757 g/mol. The number of unbranched alkanes of at least 4 members (excludes halogenated alkanes) is 2. The monoisotopic (exact) mass is 756 g/mol. The molecule has 52 heavy (non-hydrogen) atoms. The van der Waals surface area contributed by atoms with Crippen LogP contribution in [-0.2, 0) is 28.5 Å². The zero-order chi connectivity index (χ0) is 38.7. The van der Waals surface area contributed by atoms with E-state index in [1.807, 2.05) is 48.5 Å². The molecular weight excluding hydrogens is 689 g/mol. The van der Waals surface area contributed by atoms with Gasteiger partial charge in [0.2, 0.25) is 16.6 Å². The van der Waals surface area contributed by atoms with Gasteiger partial charge in [0.1, 0.15) is 24.7 Å². The van der Waals surface area contributed by atoms with Crippen LogP contribution in [0.2, 0.25) is 36.3 Å². The summed E-state index contributed by atoms with van der Waals surface area (Å²) in [6.45, 7) is 28.6. The smallest absolute Gasteiger partial charge is 0.310 e. The first-order valence-electron chi connectivity index (χ1n) is 19.4. The van der Waals surface area contributed by atoms with E-state index in [9.17, 15) is 9.59 Å². The third-order valence-corrected chi connectivity index (χ3v) is 19.9. The molecule has 292 valence electrons. The lowest BCUT2D eigenvalue weighted by Gasteiger charge is -2.49. The predicted octanol–water partition coefficient (Wildman–Crippen LogP) is 10.3. The Kier molecular flexibility index (Phi) is 16.0. The van der Waals surface area contributed by atoms with Crippen LogP contribution in [0.15, 0.2) is 48.5 Å². The minimum absolute atomic E-state index is 0.0440. The summed E-state index contributed by atoms with van der Waals surface area (Å²) in [5.74, 6) is -1.21. The Hall–Kier alpha value is -2.67. The minimum atomic E-state index is -2.07. The van der Waals surface area contributed by atoms with Gasteiger partial charge in [-0.15, -0.1) is 0 Å². The van der Waals surface area contributed by atoms with Gasteiger partial charge in [0, 0.05) is 25.0 Å². The molecule has 10 heteroatoms. The Morgan fingerprint density at radius 2 is 0.865 bits per heavy atom. The van der Waals surface area contributed by atoms with Crippen LogP contribution in [0, 0.1) is 11.8 Å². The SMILES string of the molecule is CCCCOCCOC(=O)C1C(c2ccc(O[Si](C)(C)C(C)(C)C)cc2)C(C(=O)OCCOCCCC)C1c1ccc(O[Si](C)(C)C(C)(C)C)cc1. The van der Waals surface area contributed by atoms with Gasteiger partial charge in [0.15, 0.2) is 0 Å². The summed E-state index contributed by atoms with van der Waals surface area (Å²) in [5.41, 5.74) is 1.75. The predicted molar refractivity (Wildman–Crippen MR) is 214 cm³/mol. The second-order valence-electron chi connectivity index (χ2n) is 17.2. The maximum absolute atomic E-state index is 14.1. The highest BCUT2D eigenvalue weighted by molar-refractivity contribution is 6.75. The molecule has 0 amide bonds. The first-order chi connectivity index (χ1) is 24.3. The Bertz CT molecular complexity index is 1280. The number of hydrogen-bond donors (Lipinski definition) is 0. The highest BCUT2D eigenvalue weighted by Crippen LogP contribution is 2.59. The van der Waals surface area contributed by atoms with Crippen LogP contribution in [0.5, 0.6) is 11.5 Å². The van der Waals surface area contributed by atoms with Gasteiger partial charge in [0.25, 0.3) is 0 Å². The van der Waals surface area contributed by atoms with Gasteiger partial charge >= 0.3 is 11.9 Å². The summed E-state index contributed by atoms with van der Waals surface area (Å²) in [6.07, 6.45) is 3.98. The standard InChI is InChI=1S/C42H68O8Si2/c1-13-15-25-45-27-29-47-39(43)37-35(31-17-21-33(22-18-31)49-51(9,10)41(3,4)5)38(40(44)48-30-28-46-26-16-14-2)36(37)32-19-23-34(24-20-32)50-52(11,12)42(6,7)8/h17-24,35-38H,13-16,25-30H2,1-12H3. The normalized spacial score (nSPS) is 19.5. The Labute approximate surface area is 316 Å². The summed E-state index contributed by atoms with van der Waals surface area (Å²) in [7, 11) is -4.13. The van der Waals surface area contributed by atoms with Crippen molar-refractivity contribution < 1.29 is 37.4 Å². The van der Waals surface area contributed by atoms with E-state index in [-0.39, 0.29) is 35.2 Å². The molecule has 0 bridgehead atoms. The molecule has 0 N–H and O–H groups in total. The molecule has 1 aliphatic carbocycles. The molecule has 2 aromatic rings. The van der Waals surface area contributed by atoms with Gasteiger partial charge in [0.05, 0.1) is 25.0 Å². The fourth-order valence-corrected chi connectivity index (χ4v) is 7.93. The number of ether oxygens (including phenoxy) is 4. The highest BCUT2D eigenvalue weighted by atomic mass is 28.4. The molecule has 0 radical (unpaired) electrons. The van der Waals surface area contributed by atoms with Gasteiger partial charge in [-0.3, -0.25) is 9.59 Å². The van der Waals surface area contributed by atoms with Crippen molar-refractivity contribution in [3.8, 4) is 11.5 Å². The van der Waals surface area contributed by atoms with Gasteiger partial charge in [-0.2, -0.15) is 0 Å². The van der Waals surface area contributed by atoms with Gasteiger partial charge in [-0.1, -0.05) is 92.5 Å². The van der Waals surface area contributed by atoms with Gasteiger partial charge in [-0.25, -0.2) is 0 Å². The lowest BCUT2D eigenvalue weighted by Crippen LogP contribution is -2.52. The summed E-state index contributed by atoms with van der Waals surface area (Å²) < 4.78 is 36.2. The minimum Gasteiger partial charge on any atom is -0.544 e. The van der Waals surface area contributed by atoms with E-state index in [0.717, 1.165) is 48.3 Å². The number of benzene rings is 2. The molecule has 1 fully saturated rings. The molecule has 0 aliphatic heterocycles. The largest absolute Gasteiger partial charge is 0.544 e. The number of carbonyl (C=O) groups excluding carboxylic acids is 2. The number of hydrogen-bond acceptors (Lipinski definition) is 8. The second-order valence-corrected chi connectivity index (χ2v) is 26.7. The lowest BCUT2D eigenvalue weighted by atomic mass is 9.52. The van der Waals surface area contributed by atoms with E-state index in [1.54, 1.807) is 0 Å². The highest BCUT2D eigenvalue weighted by Gasteiger charge is 2.59. The molecule has 0 heterocycles. The Morgan fingerprint density at radius 1 is 0.538 bits per heavy atom. The summed E-state index contributed by atoms with van der Waals surface area (Å²) >= 11 is 0. The second kappa shape index (κ2) is 19.1. The van der Waals surface area contributed by atoms with Crippen molar-refractivity contribution in [1.29, 1.82) is 0 Å². The van der Waals surface area contributed by atoms with E-state index in [4.69, 9.17) is 27.8 Å². The quantitative estimate of drug-likeness (QED) is 0.0750. The van der Waals surface area contributed by atoms with Crippen LogP contribution < -0.4 is 8.85 Å². The fraction of sp³-hybridized carbons (Fsp3) is 0.667. The van der Waals surface area contributed by atoms with Crippen molar-refractivity contribution >= 4 is 28.6 Å². The van der Waals surface area contributed by atoms with Crippen LogP contribution in [0.1, 0.15) is 104 Å². The molecule has 2 aromatic carbocycles. The number of rotatable bonds is 20. The van der Waals surface area contributed by atoms with Crippen LogP contribution >= 0.6 is 0 Å². The first-order valence-corrected chi connectivity index (χ1v) is 25.2. The fourth-order valence-electron chi connectivity index (χ4n) is 5.87. The van der Waals surface area contributed by atoms with E-state index in [0.29, 0.717) is 26.4 Å². The van der Waals surface area contributed by atoms with Crippen LogP contribution in [-0.4, -0.2) is 68.2 Å². The molecule has 1 aliphatic rings. The van der Waals surface area contributed by atoms with Crippen molar-refractivity contribution in [3.05, 3.63) is 59.7 Å². The zero-order valence-corrected chi connectivity index (χ0v) is 36.3. The van der Waals surface area contributed by atoms with E-state index >= 15 is 0 Å². The van der Waals surface area contributed by atoms with Crippen molar-refractivity contribution in [3.63, 3.8) is 0 Å². The number of esters is 2. The topological polar surface area (TPSA) is 89.5 Å². The number of carbonyl (C=O) groups is 2.